The van der Waals surface area contributed by atoms with E-state index in [4.69, 9.17) is 0 Å². The lowest BCUT2D eigenvalue weighted by molar-refractivity contribution is 0.0912. The van der Waals surface area contributed by atoms with Crippen LogP contribution in [0, 0.1) is 18.6 Å². The molecule has 1 aromatic heterocycles. The molecule has 26 heavy (non-hydrogen) atoms. The molecule has 1 aromatic carbocycles. The molecule has 2 heterocycles. The van der Waals surface area contributed by atoms with Crippen LogP contribution < -0.4 is 5.32 Å². The van der Waals surface area contributed by atoms with Gasteiger partial charge in [-0.1, -0.05) is 6.07 Å². The van der Waals surface area contributed by atoms with Crippen LogP contribution in [0.25, 0.3) is 0 Å². The van der Waals surface area contributed by atoms with Crippen molar-refractivity contribution < 1.29 is 18.4 Å². The number of hydrogen-bond donors (Lipinski definition) is 2. The van der Waals surface area contributed by atoms with Gasteiger partial charge < -0.3 is 15.2 Å². The van der Waals surface area contributed by atoms with E-state index in [1.165, 1.54) is 25.3 Å². The van der Waals surface area contributed by atoms with E-state index in [-0.39, 0.29) is 28.8 Å². The smallest absolute Gasteiger partial charge is 0.267 e. The maximum absolute atomic E-state index is 14.2. The maximum atomic E-state index is 14.2. The highest BCUT2D eigenvalue weighted by molar-refractivity contribution is 6.10. The maximum Gasteiger partial charge on any atom is 0.267 e. The third-order valence-corrected chi connectivity index (χ3v) is 4.75. The Balaban J connectivity index is 1.74. The van der Waals surface area contributed by atoms with Crippen LogP contribution in [0.4, 0.5) is 8.78 Å². The van der Waals surface area contributed by atoms with Gasteiger partial charge in [-0.25, -0.2) is 8.78 Å². The number of nitrogens with zero attached hydrogens (tertiary/aromatic N) is 1. The van der Waals surface area contributed by atoms with Crippen molar-refractivity contribution >= 4 is 11.7 Å². The van der Waals surface area contributed by atoms with Crippen molar-refractivity contribution in [1.29, 1.82) is 0 Å². The van der Waals surface area contributed by atoms with Crippen molar-refractivity contribution in [3.05, 3.63) is 58.4 Å². The summed E-state index contributed by atoms with van der Waals surface area (Å²) in [4.78, 5) is 29.7. The molecule has 0 atom stereocenters. The lowest BCUT2D eigenvalue weighted by Gasteiger charge is -2.29. The predicted molar refractivity (Wildman–Crippen MR) is 93.3 cm³/mol. The van der Waals surface area contributed by atoms with E-state index in [2.05, 4.69) is 15.2 Å². The topological polar surface area (TPSA) is 65.2 Å². The van der Waals surface area contributed by atoms with Gasteiger partial charge in [0.2, 0.25) is 0 Å². The molecular formula is C19H21F2N3O2. The van der Waals surface area contributed by atoms with E-state index in [1.807, 2.05) is 7.05 Å². The molecule has 5 nitrogen and oxygen atoms in total. The molecule has 0 saturated carbocycles. The molecule has 1 aliphatic heterocycles. The van der Waals surface area contributed by atoms with Crippen molar-refractivity contribution in [1.82, 2.24) is 15.2 Å². The van der Waals surface area contributed by atoms with E-state index in [1.54, 1.807) is 0 Å². The van der Waals surface area contributed by atoms with Gasteiger partial charge in [0, 0.05) is 17.8 Å². The molecular weight excluding hydrogens is 340 g/mol. The van der Waals surface area contributed by atoms with E-state index >= 15 is 0 Å². The van der Waals surface area contributed by atoms with Crippen molar-refractivity contribution in [2.24, 2.45) is 0 Å². The number of aryl methyl sites for hydroxylation is 1. The Kier molecular flexibility index (Phi) is 5.18. The fourth-order valence-corrected chi connectivity index (χ4v) is 3.08. The molecule has 0 spiro atoms. The summed E-state index contributed by atoms with van der Waals surface area (Å²) in [6.07, 6.45) is 3.01. The summed E-state index contributed by atoms with van der Waals surface area (Å²) >= 11 is 0. The van der Waals surface area contributed by atoms with Crippen LogP contribution in [0.3, 0.4) is 0 Å². The Morgan fingerprint density at radius 3 is 2.62 bits per heavy atom. The van der Waals surface area contributed by atoms with Gasteiger partial charge in [-0.05, 0) is 57.6 Å². The van der Waals surface area contributed by atoms with Crippen LogP contribution >= 0.6 is 0 Å². The summed E-state index contributed by atoms with van der Waals surface area (Å²) in [7, 11) is 2.03. The van der Waals surface area contributed by atoms with Gasteiger partial charge in [0.1, 0.15) is 17.3 Å². The number of aromatic nitrogens is 1. The molecule has 2 N–H and O–H groups in total. The summed E-state index contributed by atoms with van der Waals surface area (Å²) in [6, 6.07) is 3.74. The number of carbonyl (C=O) groups is 2. The average Bonchev–Trinajstić information content (AvgIpc) is 3.11. The first-order valence-electron chi connectivity index (χ1n) is 8.54. The van der Waals surface area contributed by atoms with E-state index in [0.29, 0.717) is 0 Å². The second-order valence-corrected chi connectivity index (χ2v) is 6.74. The van der Waals surface area contributed by atoms with Crippen molar-refractivity contribution in [3.8, 4) is 0 Å². The third kappa shape index (κ3) is 3.67. The average molecular weight is 361 g/mol. The molecule has 1 fully saturated rings. The van der Waals surface area contributed by atoms with Gasteiger partial charge in [0.15, 0.2) is 5.78 Å². The van der Waals surface area contributed by atoms with E-state index in [9.17, 15) is 18.4 Å². The largest absolute Gasteiger partial charge is 0.356 e. The van der Waals surface area contributed by atoms with E-state index in [0.717, 1.165) is 32.0 Å². The molecule has 2 aromatic rings. The minimum atomic E-state index is -0.920. The predicted octanol–water partition coefficient (Wildman–Crippen LogP) is 2.66. The quantitative estimate of drug-likeness (QED) is 0.823. The molecule has 1 amide bonds. The van der Waals surface area contributed by atoms with Gasteiger partial charge in [-0.2, -0.15) is 0 Å². The SMILES string of the molecule is Cc1ccc(F)c(C(=O)c2c[nH]c(C(=O)NC3CCN(C)CC3)c2)c1F. The molecule has 0 unspecified atom stereocenters. The Hall–Kier alpha value is -2.54. The molecule has 1 saturated heterocycles. The Bertz CT molecular complexity index is 839. The van der Waals surface area contributed by atoms with E-state index < -0.39 is 23.0 Å². The Morgan fingerprint density at radius 1 is 1.23 bits per heavy atom. The van der Waals surface area contributed by atoms with Crippen LogP contribution in [0.2, 0.25) is 0 Å². The fraction of sp³-hybridized carbons (Fsp3) is 0.368. The third-order valence-electron chi connectivity index (χ3n) is 4.75. The zero-order valence-corrected chi connectivity index (χ0v) is 14.7. The number of ketones is 1. The molecule has 1 aliphatic rings. The summed E-state index contributed by atoms with van der Waals surface area (Å²) < 4.78 is 28.1. The molecule has 0 bridgehead atoms. The Labute approximate surface area is 150 Å². The summed E-state index contributed by atoms with van der Waals surface area (Å²) in [5, 5.41) is 2.92. The highest BCUT2D eigenvalue weighted by atomic mass is 19.1. The lowest BCUT2D eigenvalue weighted by Crippen LogP contribution is -2.43. The lowest BCUT2D eigenvalue weighted by atomic mass is 10.0. The van der Waals surface area contributed by atoms with Crippen molar-refractivity contribution in [2.75, 3.05) is 20.1 Å². The second-order valence-electron chi connectivity index (χ2n) is 6.74. The first-order valence-corrected chi connectivity index (χ1v) is 8.54. The monoisotopic (exact) mass is 361 g/mol. The summed E-state index contributed by atoms with van der Waals surface area (Å²) in [6.45, 7) is 3.28. The highest BCUT2D eigenvalue weighted by Crippen LogP contribution is 2.20. The zero-order valence-electron chi connectivity index (χ0n) is 14.7. The van der Waals surface area contributed by atoms with Crippen molar-refractivity contribution in [3.63, 3.8) is 0 Å². The van der Waals surface area contributed by atoms with Gasteiger partial charge in [0.25, 0.3) is 5.91 Å². The number of amides is 1. The highest BCUT2D eigenvalue weighted by Gasteiger charge is 2.24. The zero-order chi connectivity index (χ0) is 18.8. The van der Waals surface area contributed by atoms with Gasteiger partial charge in [-0.3, -0.25) is 9.59 Å². The first-order chi connectivity index (χ1) is 12.4. The number of rotatable bonds is 4. The number of piperidine rings is 1. The summed E-state index contributed by atoms with van der Waals surface area (Å²) in [5.74, 6) is -2.92. The molecule has 7 heteroatoms. The van der Waals surface area contributed by atoms with Gasteiger partial charge in [0.05, 0.1) is 5.56 Å². The first kappa shape index (κ1) is 18.3. The molecule has 0 aliphatic carbocycles. The standard InChI is InChI=1S/C19H21F2N3O2/c1-11-3-4-14(20)16(17(11)21)18(25)12-9-15(22-10-12)19(26)23-13-5-7-24(2)8-6-13/h3-4,9-10,13,22H,5-8H2,1-2H3,(H,23,26). The number of benzene rings is 1. The number of carbonyl (C=O) groups excluding carboxylic acids is 2. The minimum Gasteiger partial charge on any atom is -0.356 e. The summed E-state index contributed by atoms with van der Waals surface area (Å²) in [5.41, 5.74) is -0.181. The Morgan fingerprint density at radius 2 is 1.92 bits per heavy atom. The minimum absolute atomic E-state index is 0.0435. The molecule has 0 radical (unpaired) electrons. The van der Waals surface area contributed by atoms with Crippen LogP contribution in [0.1, 0.15) is 44.8 Å². The fourth-order valence-electron chi connectivity index (χ4n) is 3.08. The number of nitrogens with one attached hydrogen (secondary N) is 2. The normalized spacial score (nSPS) is 15.8. The van der Waals surface area contributed by atoms with Crippen LogP contribution in [-0.4, -0.2) is 47.8 Å². The van der Waals surface area contributed by atoms with Crippen LogP contribution in [-0.2, 0) is 0 Å². The second kappa shape index (κ2) is 7.37. The van der Waals surface area contributed by atoms with Gasteiger partial charge >= 0.3 is 0 Å². The number of H-pyrrole nitrogens is 1. The molecule has 3 rings (SSSR count). The van der Waals surface area contributed by atoms with Gasteiger partial charge in [-0.15, -0.1) is 0 Å². The van der Waals surface area contributed by atoms with Crippen LogP contribution in [0.5, 0.6) is 0 Å². The number of likely N-dealkylation sites (tertiary alicyclic amines) is 1. The number of halogens is 2. The number of aromatic amines is 1. The van der Waals surface area contributed by atoms with Crippen molar-refractivity contribution in [2.45, 2.75) is 25.8 Å². The van der Waals surface area contributed by atoms with Crippen LogP contribution in [0.15, 0.2) is 24.4 Å². The molecule has 138 valence electrons. The number of hydrogen-bond acceptors (Lipinski definition) is 3.